The fourth-order valence-electron chi connectivity index (χ4n) is 11.4. The average molecular weight is 807 g/mol. The van der Waals surface area contributed by atoms with Crippen LogP contribution in [-0.2, 0) is 16.2 Å². The monoisotopic (exact) mass is 806 g/mol. The smallest absolute Gasteiger partial charge is 0.178 e. The van der Waals surface area contributed by atoms with Crippen LogP contribution in [0.15, 0.2) is 218 Å². The first-order chi connectivity index (χ1) is 31.0. The van der Waals surface area contributed by atoms with Crippen molar-refractivity contribution in [3.63, 3.8) is 0 Å². The number of fused-ring (bicyclic) bond motifs is 9. The molecule has 0 radical (unpaired) electrons. The van der Waals surface area contributed by atoms with E-state index >= 15 is 0 Å². The molecule has 1 atom stereocenters. The third kappa shape index (κ3) is 5.01. The number of rotatable bonds is 6. The van der Waals surface area contributed by atoms with E-state index in [0.717, 1.165) is 33.8 Å². The second kappa shape index (κ2) is 13.2. The minimum atomic E-state index is -0.514. The Balaban J connectivity index is 0.863. The van der Waals surface area contributed by atoms with Crippen molar-refractivity contribution in [1.82, 2.24) is 0 Å². The van der Waals surface area contributed by atoms with E-state index in [1.54, 1.807) is 0 Å². The second-order valence-electron chi connectivity index (χ2n) is 18.0. The zero-order valence-electron chi connectivity index (χ0n) is 35.1. The first kappa shape index (κ1) is 36.0. The van der Waals surface area contributed by atoms with Gasteiger partial charge in [-0.05, 0) is 108 Å². The predicted molar refractivity (Wildman–Crippen MR) is 255 cm³/mol. The molecule has 0 spiro atoms. The molecule has 63 heavy (non-hydrogen) atoms. The molecular weight excluding hydrogens is 765 g/mol. The van der Waals surface area contributed by atoms with Gasteiger partial charge in [-0.3, -0.25) is 0 Å². The number of hydrogen-bond donors (Lipinski definition) is 0. The molecule has 298 valence electrons. The maximum absolute atomic E-state index is 6.96. The lowest BCUT2D eigenvalue weighted by Gasteiger charge is -2.34. The Morgan fingerprint density at radius 2 is 0.952 bits per heavy atom. The van der Waals surface area contributed by atoms with Crippen molar-refractivity contribution >= 4 is 5.57 Å². The van der Waals surface area contributed by atoms with Gasteiger partial charge in [0.1, 0.15) is 0 Å². The van der Waals surface area contributed by atoms with Crippen molar-refractivity contribution in [3.8, 4) is 56.4 Å². The number of hydrogen-bond acceptors (Lipinski definition) is 2. The highest BCUT2D eigenvalue weighted by Crippen LogP contribution is 2.63. The third-order valence-electron chi connectivity index (χ3n) is 14.4. The van der Waals surface area contributed by atoms with Crippen LogP contribution >= 0.6 is 0 Å². The maximum atomic E-state index is 6.96. The van der Waals surface area contributed by atoms with Crippen LogP contribution in [0.25, 0.3) is 39.0 Å². The summed E-state index contributed by atoms with van der Waals surface area (Å²) >= 11 is 0. The van der Waals surface area contributed by atoms with Crippen molar-refractivity contribution in [2.75, 3.05) is 0 Å². The van der Waals surface area contributed by atoms with Crippen molar-refractivity contribution in [3.05, 3.63) is 268 Å². The molecule has 1 aliphatic heterocycles. The molecule has 9 aromatic rings. The summed E-state index contributed by atoms with van der Waals surface area (Å²) in [6.07, 6.45) is 2.46. The topological polar surface area (TPSA) is 18.5 Å². The Morgan fingerprint density at radius 3 is 1.70 bits per heavy atom. The molecule has 0 saturated heterocycles. The quantitative estimate of drug-likeness (QED) is 0.167. The number of allylic oxidation sites excluding steroid dienone is 2. The van der Waals surface area contributed by atoms with Gasteiger partial charge in [0.05, 0.1) is 10.8 Å². The lowest BCUT2D eigenvalue weighted by atomic mass is 9.68. The molecule has 3 aliphatic carbocycles. The molecule has 0 amide bonds. The Kier molecular flexibility index (Phi) is 7.52. The van der Waals surface area contributed by atoms with E-state index in [1.165, 1.54) is 66.8 Å². The van der Waals surface area contributed by atoms with E-state index in [-0.39, 0.29) is 10.8 Å². The van der Waals surface area contributed by atoms with Gasteiger partial charge in [-0.1, -0.05) is 208 Å². The fraction of sp³-hybridized carbons (Fsp3) is 0.0820. The van der Waals surface area contributed by atoms with Crippen LogP contribution in [0.3, 0.4) is 0 Å². The molecule has 0 saturated carbocycles. The van der Waals surface area contributed by atoms with Crippen LogP contribution in [-0.4, -0.2) is 0 Å². The van der Waals surface area contributed by atoms with E-state index in [4.69, 9.17) is 9.47 Å². The van der Waals surface area contributed by atoms with Gasteiger partial charge in [-0.15, -0.1) is 0 Å². The molecule has 0 bridgehead atoms. The SMILES string of the molecule is CC1(C)c2ccccc2-c2ccc(C3(c4ccccc4)C=C3c3cccc(-c4ccc5c(c4)Oc4ccc6c(c4O5)-c4ccccc4C6(c4ccccc4)c4ccccc4)c3)cc21. The number of ether oxygens (including phenoxy) is 2. The second-order valence-corrected chi connectivity index (χ2v) is 18.0. The molecule has 0 N–H and O–H groups in total. The van der Waals surface area contributed by atoms with Crippen LogP contribution in [0.5, 0.6) is 23.0 Å². The molecule has 0 fully saturated rings. The predicted octanol–water partition coefficient (Wildman–Crippen LogP) is 15.3. The summed E-state index contributed by atoms with van der Waals surface area (Å²) in [5.74, 6) is 2.89. The number of benzene rings is 9. The van der Waals surface area contributed by atoms with E-state index in [1.807, 2.05) is 0 Å². The van der Waals surface area contributed by atoms with Gasteiger partial charge in [-0.2, -0.15) is 0 Å². The zero-order chi connectivity index (χ0) is 41.9. The summed E-state index contributed by atoms with van der Waals surface area (Å²) in [6, 6.07) is 77.2. The van der Waals surface area contributed by atoms with Crippen LogP contribution in [0.4, 0.5) is 0 Å². The summed E-state index contributed by atoms with van der Waals surface area (Å²) in [6.45, 7) is 4.72. The Bertz CT molecular complexity index is 3320. The Morgan fingerprint density at radius 1 is 0.349 bits per heavy atom. The highest BCUT2D eigenvalue weighted by Gasteiger charge is 2.50. The van der Waals surface area contributed by atoms with Gasteiger partial charge < -0.3 is 9.47 Å². The first-order valence-corrected chi connectivity index (χ1v) is 22.0. The van der Waals surface area contributed by atoms with Gasteiger partial charge >= 0.3 is 0 Å². The highest BCUT2D eigenvalue weighted by atomic mass is 16.6. The molecule has 0 aromatic heterocycles. The standard InChI is InChI=1S/C61H42O2/c1-59(2)49-27-14-12-25-46(49)47-31-30-45(37-52(47)59)60(42-19-6-3-7-20-42)38-53(60)41-18-16-17-39(35-41)40-29-33-54-56(36-40)62-55-34-32-51-57(58(55)63-54)48-26-13-15-28-50(48)61(51,43-21-8-4-9-22-43)44-23-10-5-11-24-44/h3-38H,1-2H3. The summed E-state index contributed by atoms with van der Waals surface area (Å²) in [5.41, 5.74) is 19.0. The summed E-state index contributed by atoms with van der Waals surface area (Å²) in [5, 5.41) is 0. The van der Waals surface area contributed by atoms with E-state index in [2.05, 4.69) is 232 Å². The average Bonchev–Trinajstić information content (AvgIpc) is 3.98. The maximum Gasteiger partial charge on any atom is 0.178 e. The molecule has 2 nitrogen and oxygen atoms in total. The molecule has 13 rings (SSSR count). The van der Waals surface area contributed by atoms with Crippen molar-refractivity contribution in [2.45, 2.75) is 30.1 Å². The van der Waals surface area contributed by atoms with Gasteiger partial charge in [-0.25, -0.2) is 0 Å². The van der Waals surface area contributed by atoms with Crippen LogP contribution in [0.2, 0.25) is 0 Å². The molecule has 1 unspecified atom stereocenters. The zero-order valence-corrected chi connectivity index (χ0v) is 35.1. The van der Waals surface area contributed by atoms with Gasteiger partial charge in [0.25, 0.3) is 0 Å². The van der Waals surface area contributed by atoms with Gasteiger partial charge in [0.2, 0.25) is 0 Å². The molecule has 2 heteroatoms. The first-order valence-electron chi connectivity index (χ1n) is 22.0. The van der Waals surface area contributed by atoms with Crippen molar-refractivity contribution < 1.29 is 9.47 Å². The fourth-order valence-corrected chi connectivity index (χ4v) is 11.4. The highest BCUT2D eigenvalue weighted by molar-refractivity contribution is 5.97. The summed E-state index contributed by atoms with van der Waals surface area (Å²) in [7, 11) is 0. The Hall–Kier alpha value is -7.68. The summed E-state index contributed by atoms with van der Waals surface area (Å²) < 4.78 is 13.8. The van der Waals surface area contributed by atoms with Crippen LogP contribution in [0, 0.1) is 0 Å². The minimum Gasteiger partial charge on any atom is -0.449 e. The molecule has 9 aromatic carbocycles. The molecule has 1 heterocycles. The van der Waals surface area contributed by atoms with E-state index in [0.29, 0.717) is 11.5 Å². The van der Waals surface area contributed by atoms with Gasteiger partial charge in [0, 0.05) is 11.0 Å². The van der Waals surface area contributed by atoms with Crippen LogP contribution < -0.4 is 9.47 Å². The Labute approximate surface area is 368 Å². The summed E-state index contributed by atoms with van der Waals surface area (Å²) in [4.78, 5) is 0. The van der Waals surface area contributed by atoms with E-state index in [9.17, 15) is 0 Å². The largest absolute Gasteiger partial charge is 0.449 e. The molecular formula is C61H42O2. The molecule has 4 aliphatic rings. The van der Waals surface area contributed by atoms with Crippen molar-refractivity contribution in [2.24, 2.45) is 0 Å². The lowest BCUT2D eigenvalue weighted by molar-refractivity contribution is 0.360. The van der Waals surface area contributed by atoms with Gasteiger partial charge in [0.15, 0.2) is 23.0 Å². The van der Waals surface area contributed by atoms with E-state index < -0.39 is 5.41 Å². The van der Waals surface area contributed by atoms with Crippen LogP contribution in [0.1, 0.15) is 63.9 Å². The minimum absolute atomic E-state index is 0.0764. The van der Waals surface area contributed by atoms with Crippen molar-refractivity contribution in [1.29, 1.82) is 0 Å². The third-order valence-corrected chi connectivity index (χ3v) is 14.4. The normalized spacial score (nSPS) is 17.4. The lowest BCUT2D eigenvalue weighted by Crippen LogP contribution is -2.28.